The highest BCUT2D eigenvalue weighted by Crippen LogP contribution is 2.33. The van der Waals surface area contributed by atoms with Crippen LogP contribution in [0.3, 0.4) is 0 Å². The quantitative estimate of drug-likeness (QED) is 0.565. The van der Waals surface area contributed by atoms with E-state index in [1.54, 1.807) is 0 Å². The van der Waals surface area contributed by atoms with Gasteiger partial charge < -0.3 is 5.11 Å². The maximum Gasteiger partial charge on any atom is 0.309 e. The number of aliphatic carboxylic acids is 1. The van der Waals surface area contributed by atoms with Crippen molar-refractivity contribution in [2.75, 3.05) is 13.1 Å². The van der Waals surface area contributed by atoms with E-state index in [0.717, 1.165) is 19.5 Å². The van der Waals surface area contributed by atoms with Gasteiger partial charge in [-0.1, -0.05) is 0 Å². The lowest BCUT2D eigenvalue weighted by Gasteiger charge is -2.40. The van der Waals surface area contributed by atoms with Gasteiger partial charge >= 0.3 is 5.97 Å². The topological polar surface area (TPSA) is 40.5 Å². The van der Waals surface area contributed by atoms with Crippen LogP contribution in [0, 0.1) is 5.92 Å². The van der Waals surface area contributed by atoms with Gasteiger partial charge in [-0.3, -0.25) is 9.69 Å². The molecule has 2 aliphatic heterocycles. The van der Waals surface area contributed by atoms with Gasteiger partial charge in [0.05, 0.1) is 5.92 Å². The van der Waals surface area contributed by atoms with Crippen LogP contribution in [-0.4, -0.2) is 35.1 Å². The van der Waals surface area contributed by atoms with Crippen LogP contribution in [0.2, 0.25) is 0 Å². The summed E-state index contributed by atoms with van der Waals surface area (Å²) in [7, 11) is 0. The SMILES string of the molecule is O=C(O)C1CN2CCC[C@@H]12. The minimum Gasteiger partial charge on any atom is -0.481 e. The van der Waals surface area contributed by atoms with Crippen molar-refractivity contribution in [1.29, 1.82) is 0 Å². The standard InChI is InChI=1S/C7H11NO2/c9-7(10)5-4-8-3-1-2-6(5)8/h5-6H,1-4H2,(H,9,10)/t5?,6-/m0/s1. The lowest BCUT2D eigenvalue weighted by Crippen LogP contribution is -2.55. The molecule has 1 unspecified atom stereocenters. The normalized spacial score (nSPS) is 38.8. The lowest BCUT2D eigenvalue weighted by atomic mass is 9.90. The van der Waals surface area contributed by atoms with Crippen molar-refractivity contribution < 1.29 is 9.90 Å². The number of carboxylic acid groups (broad SMARTS) is 1. The zero-order valence-corrected chi connectivity index (χ0v) is 5.79. The Kier molecular flexibility index (Phi) is 1.20. The van der Waals surface area contributed by atoms with Gasteiger partial charge in [-0.2, -0.15) is 0 Å². The molecule has 0 amide bonds. The molecule has 0 aromatic rings. The van der Waals surface area contributed by atoms with Crippen LogP contribution in [-0.2, 0) is 4.79 Å². The van der Waals surface area contributed by atoms with Crippen molar-refractivity contribution >= 4 is 5.97 Å². The molecule has 1 N–H and O–H groups in total. The Morgan fingerprint density at radius 1 is 1.60 bits per heavy atom. The summed E-state index contributed by atoms with van der Waals surface area (Å²) in [5.74, 6) is -0.661. The van der Waals surface area contributed by atoms with Crippen molar-refractivity contribution in [2.45, 2.75) is 18.9 Å². The van der Waals surface area contributed by atoms with Crippen molar-refractivity contribution in [3.63, 3.8) is 0 Å². The summed E-state index contributed by atoms with van der Waals surface area (Å²) in [5.41, 5.74) is 0. The predicted octanol–water partition coefficient (Wildman–Crippen LogP) is 0.165. The van der Waals surface area contributed by atoms with Gasteiger partial charge in [0.15, 0.2) is 0 Å². The number of carboxylic acids is 1. The number of hydrogen-bond acceptors (Lipinski definition) is 2. The van der Waals surface area contributed by atoms with E-state index in [-0.39, 0.29) is 5.92 Å². The summed E-state index contributed by atoms with van der Waals surface area (Å²) in [6.45, 7) is 1.91. The third kappa shape index (κ3) is 0.669. The fourth-order valence-electron chi connectivity index (χ4n) is 2.01. The second-order valence-corrected chi connectivity index (χ2v) is 3.15. The third-order valence-electron chi connectivity index (χ3n) is 2.63. The second-order valence-electron chi connectivity index (χ2n) is 3.15. The van der Waals surface area contributed by atoms with Crippen LogP contribution in [0.4, 0.5) is 0 Å². The van der Waals surface area contributed by atoms with Gasteiger partial charge in [0.25, 0.3) is 0 Å². The molecule has 0 aromatic heterocycles. The van der Waals surface area contributed by atoms with Gasteiger partial charge in [0.1, 0.15) is 0 Å². The van der Waals surface area contributed by atoms with Crippen LogP contribution in [0.25, 0.3) is 0 Å². The smallest absolute Gasteiger partial charge is 0.309 e. The van der Waals surface area contributed by atoms with Gasteiger partial charge in [0.2, 0.25) is 0 Å². The molecule has 2 atom stereocenters. The Bertz CT molecular complexity index is 169. The first kappa shape index (κ1) is 6.16. The molecule has 0 radical (unpaired) electrons. The molecule has 10 heavy (non-hydrogen) atoms. The lowest BCUT2D eigenvalue weighted by molar-refractivity contribution is -0.150. The number of rotatable bonds is 1. The molecule has 0 aliphatic carbocycles. The highest BCUT2D eigenvalue weighted by molar-refractivity contribution is 5.72. The van der Waals surface area contributed by atoms with Gasteiger partial charge in [-0.15, -0.1) is 0 Å². The van der Waals surface area contributed by atoms with E-state index in [1.165, 1.54) is 6.42 Å². The Morgan fingerprint density at radius 2 is 2.40 bits per heavy atom. The molecule has 0 spiro atoms. The molecular weight excluding hydrogens is 130 g/mol. The number of carbonyl (C=O) groups is 1. The van der Waals surface area contributed by atoms with E-state index in [0.29, 0.717) is 6.04 Å². The Balaban J connectivity index is 2.00. The van der Waals surface area contributed by atoms with Crippen molar-refractivity contribution in [1.82, 2.24) is 4.90 Å². The fourth-order valence-corrected chi connectivity index (χ4v) is 2.01. The van der Waals surface area contributed by atoms with E-state index in [2.05, 4.69) is 4.90 Å². The molecule has 0 saturated carbocycles. The highest BCUT2D eigenvalue weighted by atomic mass is 16.4. The van der Waals surface area contributed by atoms with Gasteiger partial charge in [-0.25, -0.2) is 0 Å². The van der Waals surface area contributed by atoms with Crippen LogP contribution < -0.4 is 0 Å². The first-order chi connectivity index (χ1) is 4.79. The molecule has 0 aromatic carbocycles. The Labute approximate surface area is 59.6 Å². The van der Waals surface area contributed by atoms with Crippen molar-refractivity contribution in [3.8, 4) is 0 Å². The molecule has 56 valence electrons. The summed E-state index contributed by atoms with van der Waals surface area (Å²) in [4.78, 5) is 12.8. The number of fused-ring (bicyclic) bond motifs is 1. The largest absolute Gasteiger partial charge is 0.481 e. The average Bonchev–Trinajstić information content (AvgIpc) is 2.11. The Hall–Kier alpha value is -0.570. The first-order valence-electron chi connectivity index (χ1n) is 3.76. The summed E-state index contributed by atoms with van der Waals surface area (Å²) in [6.07, 6.45) is 2.28. The summed E-state index contributed by atoms with van der Waals surface area (Å²) in [5, 5.41) is 8.65. The third-order valence-corrected chi connectivity index (χ3v) is 2.63. The average molecular weight is 141 g/mol. The summed E-state index contributed by atoms with van der Waals surface area (Å²) in [6, 6.07) is 0.387. The van der Waals surface area contributed by atoms with E-state index in [4.69, 9.17) is 5.11 Å². The van der Waals surface area contributed by atoms with E-state index in [9.17, 15) is 4.79 Å². The number of nitrogens with zero attached hydrogens (tertiary/aromatic N) is 1. The maximum absolute atomic E-state index is 10.5. The first-order valence-corrected chi connectivity index (χ1v) is 3.76. The zero-order valence-electron chi connectivity index (χ0n) is 5.79. The van der Waals surface area contributed by atoms with E-state index >= 15 is 0 Å². The maximum atomic E-state index is 10.5. The fraction of sp³-hybridized carbons (Fsp3) is 0.857. The van der Waals surface area contributed by atoms with Crippen LogP contribution in [0.15, 0.2) is 0 Å². The molecule has 3 heteroatoms. The van der Waals surface area contributed by atoms with E-state index < -0.39 is 5.97 Å². The summed E-state index contributed by atoms with van der Waals surface area (Å²) >= 11 is 0. The molecule has 2 fully saturated rings. The van der Waals surface area contributed by atoms with Crippen molar-refractivity contribution in [3.05, 3.63) is 0 Å². The van der Waals surface area contributed by atoms with E-state index in [1.807, 2.05) is 0 Å². The number of hydrogen-bond donors (Lipinski definition) is 1. The molecular formula is C7H11NO2. The van der Waals surface area contributed by atoms with Crippen molar-refractivity contribution in [2.24, 2.45) is 5.92 Å². The summed E-state index contributed by atoms with van der Waals surface area (Å²) < 4.78 is 0. The monoisotopic (exact) mass is 141 g/mol. The van der Waals surface area contributed by atoms with Gasteiger partial charge in [-0.05, 0) is 19.4 Å². The molecule has 2 aliphatic rings. The molecule has 3 nitrogen and oxygen atoms in total. The van der Waals surface area contributed by atoms with Crippen LogP contribution >= 0.6 is 0 Å². The van der Waals surface area contributed by atoms with Crippen LogP contribution in [0.1, 0.15) is 12.8 Å². The second kappa shape index (κ2) is 1.95. The predicted molar refractivity (Wildman–Crippen MR) is 35.7 cm³/mol. The molecule has 2 rings (SSSR count). The van der Waals surface area contributed by atoms with Gasteiger partial charge in [0, 0.05) is 12.6 Å². The van der Waals surface area contributed by atoms with Crippen LogP contribution in [0.5, 0.6) is 0 Å². The molecule has 2 heterocycles. The minimum absolute atomic E-state index is 0.0532. The minimum atomic E-state index is -0.608. The molecule has 2 saturated heterocycles. The Morgan fingerprint density at radius 3 is 3.00 bits per heavy atom. The zero-order chi connectivity index (χ0) is 7.14. The highest BCUT2D eigenvalue weighted by Gasteiger charge is 2.45. The molecule has 0 bridgehead atoms.